The number of nitrogens with two attached hydrogens (primary N) is 2. The molecule has 10 heteroatoms. The lowest BCUT2D eigenvalue weighted by Crippen LogP contribution is -2.39. The maximum atomic E-state index is 11.6. The van der Waals surface area contributed by atoms with E-state index in [0.717, 1.165) is 71.9 Å². The third-order valence-corrected chi connectivity index (χ3v) is 10.3. The van der Waals surface area contributed by atoms with Crippen molar-refractivity contribution in [2.45, 2.75) is 83.5 Å². The number of nitrogens with zero attached hydrogens (tertiary/aromatic N) is 1. The molecular weight excluding hydrogens is 610 g/mol. The van der Waals surface area contributed by atoms with Crippen LogP contribution in [-0.2, 0) is 25.7 Å². The molecule has 258 valence electrons. The summed E-state index contributed by atoms with van der Waals surface area (Å²) in [7, 11) is 1.65. The molecule has 1 aliphatic heterocycles. The zero-order valence-corrected chi connectivity index (χ0v) is 28.1. The van der Waals surface area contributed by atoms with Gasteiger partial charge in [-0.25, -0.2) is 0 Å². The molecular formula is C38H49N3O7. The zero-order chi connectivity index (χ0) is 34.1. The summed E-state index contributed by atoms with van der Waals surface area (Å²) in [5.74, 6) is 2.47. The van der Waals surface area contributed by atoms with Gasteiger partial charge in [0.25, 0.3) is 0 Å². The van der Waals surface area contributed by atoms with Gasteiger partial charge in [0.1, 0.15) is 29.5 Å². The third kappa shape index (κ3) is 6.73. The minimum atomic E-state index is -0.842. The Balaban J connectivity index is 1.29. The fourth-order valence-electron chi connectivity index (χ4n) is 8.00. The van der Waals surface area contributed by atoms with Gasteiger partial charge in [0.15, 0.2) is 17.5 Å². The molecule has 48 heavy (non-hydrogen) atoms. The van der Waals surface area contributed by atoms with Crippen LogP contribution in [-0.4, -0.2) is 58.9 Å². The normalized spacial score (nSPS) is 23.0. The van der Waals surface area contributed by atoms with E-state index in [9.17, 15) is 20.4 Å². The Bertz CT molecular complexity index is 1670. The standard InChI is InChI=1S/C38H49N3O7/c1-20(2)13-24-14-27-21(15-30(24)44)7-9-26-28-17-31(45)37(48-33(28)18-35(46-3)36(26)27)22-8-10-29(43)34(16-22)47-32-6-4-5-23(19-42)25(32)11-12-41-38(39)40/h8,10,14-16,18,20,23,25,31-32,37,42-45H,4-7,9,11-13,17,19H2,1-3H3,(H4,39,40,41). The molecule has 6 rings (SSSR count). The Morgan fingerprint density at radius 1 is 1.02 bits per heavy atom. The van der Waals surface area contributed by atoms with E-state index in [1.807, 2.05) is 12.1 Å². The molecule has 0 spiro atoms. The first kappa shape index (κ1) is 33.7. The summed E-state index contributed by atoms with van der Waals surface area (Å²) in [6.45, 7) is 4.74. The van der Waals surface area contributed by atoms with Crippen LogP contribution >= 0.6 is 0 Å². The summed E-state index contributed by atoms with van der Waals surface area (Å²) in [6.07, 6.45) is 4.09. The average Bonchev–Trinajstić information content (AvgIpc) is 3.05. The van der Waals surface area contributed by atoms with Gasteiger partial charge >= 0.3 is 0 Å². The molecule has 0 aromatic heterocycles. The van der Waals surface area contributed by atoms with Crippen molar-refractivity contribution < 1.29 is 34.6 Å². The molecule has 3 aromatic rings. The molecule has 8 N–H and O–H groups in total. The van der Waals surface area contributed by atoms with Gasteiger partial charge in [-0.2, -0.15) is 0 Å². The van der Waals surface area contributed by atoms with Crippen molar-refractivity contribution in [3.8, 4) is 39.9 Å². The third-order valence-electron chi connectivity index (χ3n) is 10.3. The lowest BCUT2D eigenvalue weighted by molar-refractivity contribution is 0.0170. The van der Waals surface area contributed by atoms with Crippen LogP contribution in [0.2, 0.25) is 0 Å². The highest BCUT2D eigenvalue weighted by molar-refractivity contribution is 5.82. The molecule has 5 atom stereocenters. The molecule has 1 fully saturated rings. The second-order valence-electron chi connectivity index (χ2n) is 14.0. The van der Waals surface area contributed by atoms with E-state index in [4.69, 9.17) is 25.7 Å². The number of hydrogen-bond acceptors (Lipinski definition) is 8. The second kappa shape index (κ2) is 14.1. The van der Waals surface area contributed by atoms with Crippen LogP contribution in [0.5, 0.6) is 28.7 Å². The molecule has 3 aliphatic rings. The summed E-state index contributed by atoms with van der Waals surface area (Å²) in [4.78, 5) is 4.14. The number of aliphatic hydroxyl groups excluding tert-OH is 2. The highest BCUT2D eigenvalue weighted by atomic mass is 16.5. The van der Waals surface area contributed by atoms with Gasteiger partial charge in [0.05, 0.1) is 13.2 Å². The van der Waals surface area contributed by atoms with E-state index < -0.39 is 12.2 Å². The maximum Gasteiger partial charge on any atom is 0.185 e. The predicted molar refractivity (Wildman–Crippen MR) is 185 cm³/mol. The Kier molecular flexibility index (Phi) is 9.94. The zero-order valence-electron chi connectivity index (χ0n) is 28.1. The highest BCUT2D eigenvalue weighted by Gasteiger charge is 2.37. The molecule has 0 bridgehead atoms. The number of rotatable bonds is 10. The number of fused-ring (bicyclic) bond motifs is 5. The number of aliphatic hydroxyl groups is 2. The summed E-state index contributed by atoms with van der Waals surface area (Å²) >= 11 is 0. The van der Waals surface area contributed by atoms with Crippen LogP contribution in [0.1, 0.15) is 73.5 Å². The van der Waals surface area contributed by atoms with Crippen molar-refractivity contribution in [2.75, 3.05) is 20.3 Å². The number of aryl methyl sites for hydroxylation is 1. The van der Waals surface area contributed by atoms with E-state index >= 15 is 0 Å². The highest BCUT2D eigenvalue weighted by Crippen LogP contribution is 2.50. The van der Waals surface area contributed by atoms with Crippen molar-refractivity contribution in [1.29, 1.82) is 0 Å². The second-order valence-corrected chi connectivity index (χ2v) is 14.0. The Morgan fingerprint density at radius 2 is 1.83 bits per heavy atom. The first-order valence-corrected chi connectivity index (χ1v) is 17.2. The molecule has 1 saturated carbocycles. The van der Waals surface area contributed by atoms with Crippen LogP contribution in [0.3, 0.4) is 0 Å². The van der Waals surface area contributed by atoms with Crippen molar-refractivity contribution in [1.82, 2.24) is 0 Å². The quantitative estimate of drug-likeness (QED) is 0.130. The lowest BCUT2D eigenvalue weighted by Gasteiger charge is -2.38. The maximum absolute atomic E-state index is 11.6. The van der Waals surface area contributed by atoms with Gasteiger partial charge in [-0.15, -0.1) is 0 Å². The number of aromatic hydroxyl groups is 2. The molecule has 0 amide bonds. The molecule has 0 saturated heterocycles. The predicted octanol–water partition coefficient (Wildman–Crippen LogP) is 4.93. The molecule has 10 nitrogen and oxygen atoms in total. The number of aliphatic imine (C=N–C) groups is 1. The van der Waals surface area contributed by atoms with Crippen LogP contribution in [0.15, 0.2) is 41.4 Å². The molecule has 1 heterocycles. The lowest BCUT2D eigenvalue weighted by atomic mass is 9.76. The molecule has 3 aromatic carbocycles. The minimum absolute atomic E-state index is 0.00387. The first-order chi connectivity index (χ1) is 23.1. The number of methoxy groups -OCH3 is 1. The van der Waals surface area contributed by atoms with Crippen molar-refractivity contribution in [3.05, 3.63) is 64.2 Å². The minimum Gasteiger partial charge on any atom is -0.508 e. The number of phenolic OH excluding ortho intramolecular Hbond substituents is 2. The van der Waals surface area contributed by atoms with Crippen molar-refractivity contribution in [2.24, 2.45) is 34.2 Å². The largest absolute Gasteiger partial charge is 0.508 e. The molecule has 2 aliphatic carbocycles. The van der Waals surface area contributed by atoms with E-state index in [-0.39, 0.29) is 36.3 Å². The van der Waals surface area contributed by atoms with Crippen LogP contribution in [0.4, 0.5) is 0 Å². The monoisotopic (exact) mass is 659 g/mol. The van der Waals surface area contributed by atoms with E-state index in [0.29, 0.717) is 53.9 Å². The Morgan fingerprint density at radius 3 is 2.56 bits per heavy atom. The van der Waals surface area contributed by atoms with E-state index in [1.54, 1.807) is 25.3 Å². The molecule has 0 radical (unpaired) electrons. The topological polar surface area (TPSA) is 173 Å². The van der Waals surface area contributed by atoms with Crippen molar-refractivity contribution in [3.63, 3.8) is 0 Å². The summed E-state index contributed by atoms with van der Waals surface area (Å²) < 4.78 is 19.0. The summed E-state index contributed by atoms with van der Waals surface area (Å²) in [6, 6.07) is 11.0. The Labute approximate surface area is 282 Å². The smallest absolute Gasteiger partial charge is 0.185 e. The number of benzene rings is 3. The van der Waals surface area contributed by atoms with Gasteiger partial charge in [-0.1, -0.05) is 19.9 Å². The van der Waals surface area contributed by atoms with Gasteiger partial charge in [-0.3, -0.25) is 4.99 Å². The van der Waals surface area contributed by atoms with Gasteiger partial charge in [0, 0.05) is 42.7 Å². The summed E-state index contributed by atoms with van der Waals surface area (Å²) in [5, 5.41) is 43.2. The molecule has 5 unspecified atom stereocenters. The summed E-state index contributed by atoms with van der Waals surface area (Å²) in [5.41, 5.74) is 17.9. The number of ether oxygens (including phenoxy) is 3. The van der Waals surface area contributed by atoms with Crippen molar-refractivity contribution >= 4 is 5.96 Å². The van der Waals surface area contributed by atoms with Gasteiger partial charge in [0.2, 0.25) is 0 Å². The van der Waals surface area contributed by atoms with Crippen LogP contribution in [0, 0.1) is 17.8 Å². The Hall–Kier alpha value is -4.15. The van der Waals surface area contributed by atoms with Gasteiger partial charge in [-0.05, 0) is 109 Å². The van der Waals surface area contributed by atoms with E-state index in [2.05, 4.69) is 24.9 Å². The van der Waals surface area contributed by atoms with Crippen LogP contribution in [0.25, 0.3) is 11.1 Å². The van der Waals surface area contributed by atoms with E-state index in [1.165, 1.54) is 0 Å². The number of phenols is 2. The average molecular weight is 660 g/mol. The number of guanidine groups is 1. The fraction of sp³-hybridized carbons (Fsp3) is 0.500. The van der Waals surface area contributed by atoms with Crippen LogP contribution < -0.4 is 25.7 Å². The first-order valence-electron chi connectivity index (χ1n) is 17.2. The number of hydrogen-bond donors (Lipinski definition) is 6. The SMILES string of the molecule is COc1cc2c(c3c1-c1cc(CC(C)C)c(O)cc1CC3)CC(O)C(c1ccc(O)c(OC3CCCC(CO)C3CCN=C(N)N)c1)O2. The fourth-order valence-corrected chi connectivity index (χ4v) is 8.00. The van der Waals surface area contributed by atoms with Gasteiger partial charge < -0.3 is 46.1 Å².